The molecule has 1 fully saturated rings. The predicted molar refractivity (Wildman–Crippen MR) is 79.8 cm³/mol. The second-order valence-electron chi connectivity index (χ2n) is 5.27. The summed E-state index contributed by atoms with van der Waals surface area (Å²) in [6.07, 6.45) is 3.30. The molecule has 1 aliphatic rings. The van der Waals surface area contributed by atoms with Gasteiger partial charge in [-0.3, -0.25) is 9.78 Å². The number of carbonyl (C=O) groups excluding carboxylic acids is 1. The number of amides is 1. The standard InChI is InChI=1S/C17H17FN2O2/c18-13-8-6-12(7-9-13)16(15-5-3-11-22-15)20-17(21)14-4-1-2-10-19-14/h1-2,4,6-10,15-16H,3,5,11H2,(H,20,21)/t15-,16+/m1/s1. The van der Waals surface area contributed by atoms with E-state index >= 15 is 0 Å². The maximum atomic E-state index is 13.1. The summed E-state index contributed by atoms with van der Waals surface area (Å²) in [5.41, 5.74) is 1.19. The molecule has 1 saturated heterocycles. The molecule has 0 saturated carbocycles. The van der Waals surface area contributed by atoms with Crippen LogP contribution >= 0.6 is 0 Å². The fraction of sp³-hybridized carbons (Fsp3) is 0.294. The highest BCUT2D eigenvalue weighted by molar-refractivity contribution is 5.92. The van der Waals surface area contributed by atoms with Crippen molar-refractivity contribution < 1.29 is 13.9 Å². The number of hydrogen-bond donors (Lipinski definition) is 1. The first-order valence-electron chi connectivity index (χ1n) is 7.33. The molecule has 4 nitrogen and oxygen atoms in total. The summed E-state index contributed by atoms with van der Waals surface area (Å²) in [4.78, 5) is 16.4. The van der Waals surface area contributed by atoms with Crippen LogP contribution in [-0.2, 0) is 4.74 Å². The minimum absolute atomic E-state index is 0.0990. The van der Waals surface area contributed by atoms with E-state index in [1.807, 2.05) is 0 Å². The van der Waals surface area contributed by atoms with Gasteiger partial charge >= 0.3 is 0 Å². The summed E-state index contributed by atoms with van der Waals surface area (Å²) < 4.78 is 18.8. The summed E-state index contributed by atoms with van der Waals surface area (Å²) in [6.45, 7) is 0.682. The molecule has 1 N–H and O–H groups in total. The topological polar surface area (TPSA) is 51.2 Å². The number of ether oxygens (including phenoxy) is 1. The molecule has 1 amide bonds. The van der Waals surface area contributed by atoms with Crippen molar-refractivity contribution in [3.8, 4) is 0 Å². The lowest BCUT2D eigenvalue weighted by molar-refractivity contribution is 0.0670. The highest BCUT2D eigenvalue weighted by Gasteiger charge is 2.29. The zero-order valence-corrected chi connectivity index (χ0v) is 12.0. The first kappa shape index (κ1) is 14.7. The Labute approximate surface area is 128 Å². The molecule has 114 valence electrons. The van der Waals surface area contributed by atoms with E-state index in [-0.39, 0.29) is 23.9 Å². The van der Waals surface area contributed by atoms with Crippen LogP contribution in [0.3, 0.4) is 0 Å². The minimum Gasteiger partial charge on any atom is -0.376 e. The molecule has 0 radical (unpaired) electrons. The summed E-state index contributed by atoms with van der Waals surface area (Å²) in [5, 5.41) is 2.96. The first-order chi connectivity index (χ1) is 10.7. The van der Waals surface area contributed by atoms with Crippen molar-refractivity contribution >= 4 is 5.91 Å². The molecule has 0 unspecified atom stereocenters. The number of benzene rings is 1. The minimum atomic E-state index is -0.308. The Bertz CT molecular complexity index is 625. The Hall–Kier alpha value is -2.27. The number of nitrogens with zero attached hydrogens (tertiary/aromatic N) is 1. The van der Waals surface area contributed by atoms with E-state index < -0.39 is 0 Å². The number of rotatable bonds is 4. The monoisotopic (exact) mass is 300 g/mol. The molecule has 3 rings (SSSR count). The number of nitrogens with one attached hydrogen (secondary N) is 1. The van der Waals surface area contributed by atoms with Crippen LogP contribution in [0, 0.1) is 5.82 Å². The Kier molecular flexibility index (Phi) is 4.44. The molecule has 0 aliphatic carbocycles. The summed E-state index contributed by atoms with van der Waals surface area (Å²) in [5.74, 6) is -0.559. The molecule has 0 spiro atoms. The molecule has 2 aromatic rings. The number of halogens is 1. The van der Waals surface area contributed by atoms with Gasteiger partial charge < -0.3 is 10.1 Å². The lowest BCUT2D eigenvalue weighted by atomic mass is 9.99. The number of hydrogen-bond acceptors (Lipinski definition) is 3. The molecule has 2 atom stereocenters. The lowest BCUT2D eigenvalue weighted by Gasteiger charge is -2.24. The molecule has 0 bridgehead atoms. The van der Waals surface area contributed by atoms with Gasteiger partial charge in [-0.25, -0.2) is 4.39 Å². The quantitative estimate of drug-likeness (QED) is 0.944. The zero-order valence-electron chi connectivity index (χ0n) is 12.0. The largest absolute Gasteiger partial charge is 0.376 e. The third kappa shape index (κ3) is 3.31. The molecule has 1 aliphatic heterocycles. The van der Waals surface area contributed by atoms with Crippen LogP contribution in [0.25, 0.3) is 0 Å². The highest BCUT2D eigenvalue weighted by atomic mass is 19.1. The van der Waals surface area contributed by atoms with Crippen molar-refractivity contribution in [2.45, 2.75) is 25.0 Å². The summed E-state index contributed by atoms with van der Waals surface area (Å²) in [6, 6.07) is 11.0. The zero-order chi connectivity index (χ0) is 15.4. The van der Waals surface area contributed by atoms with Crippen LogP contribution in [0.5, 0.6) is 0 Å². The maximum absolute atomic E-state index is 13.1. The number of carbonyl (C=O) groups is 1. The van der Waals surface area contributed by atoms with Gasteiger partial charge in [0.2, 0.25) is 0 Å². The van der Waals surface area contributed by atoms with Gasteiger partial charge in [-0.15, -0.1) is 0 Å². The van der Waals surface area contributed by atoms with Crippen LogP contribution in [0.1, 0.15) is 34.9 Å². The lowest BCUT2D eigenvalue weighted by Crippen LogP contribution is -2.36. The van der Waals surface area contributed by atoms with Crippen molar-refractivity contribution in [2.24, 2.45) is 0 Å². The van der Waals surface area contributed by atoms with E-state index in [1.54, 1.807) is 36.5 Å². The Morgan fingerprint density at radius 2 is 2.09 bits per heavy atom. The van der Waals surface area contributed by atoms with Gasteiger partial charge in [0.05, 0.1) is 12.1 Å². The highest BCUT2D eigenvalue weighted by Crippen LogP contribution is 2.27. The van der Waals surface area contributed by atoms with E-state index in [4.69, 9.17) is 4.74 Å². The number of pyridine rings is 1. The van der Waals surface area contributed by atoms with Gasteiger partial charge in [-0.1, -0.05) is 18.2 Å². The average Bonchev–Trinajstić information content (AvgIpc) is 3.08. The molecular weight excluding hydrogens is 283 g/mol. The predicted octanol–water partition coefficient (Wildman–Crippen LogP) is 2.87. The Balaban J connectivity index is 1.82. The molecular formula is C17H17FN2O2. The molecule has 1 aromatic carbocycles. The Morgan fingerprint density at radius 1 is 1.27 bits per heavy atom. The normalized spacial score (nSPS) is 18.9. The third-order valence-electron chi connectivity index (χ3n) is 3.75. The second kappa shape index (κ2) is 6.66. The molecule has 5 heteroatoms. The van der Waals surface area contributed by atoms with Crippen LogP contribution < -0.4 is 5.32 Å². The van der Waals surface area contributed by atoms with E-state index in [0.717, 1.165) is 18.4 Å². The van der Waals surface area contributed by atoms with E-state index in [0.29, 0.717) is 12.3 Å². The number of aromatic nitrogens is 1. The molecule has 2 heterocycles. The fourth-order valence-electron chi connectivity index (χ4n) is 2.64. The van der Waals surface area contributed by atoms with Crippen LogP contribution in [0.15, 0.2) is 48.7 Å². The van der Waals surface area contributed by atoms with Crippen molar-refractivity contribution in [3.05, 3.63) is 65.7 Å². The molecule has 1 aromatic heterocycles. The fourth-order valence-corrected chi connectivity index (χ4v) is 2.64. The smallest absolute Gasteiger partial charge is 0.270 e. The van der Waals surface area contributed by atoms with Crippen LogP contribution in [0.2, 0.25) is 0 Å². The maximum Gasteiger partial charge on any atom is 0.270 e. The van der Waals surface area contributed by atoms with Crippen LogP contribution in [-0.4, -0.2) is 23.6 Å². The van der Waals surface area contributed by atoms with Gasteiger partial charge in [0.1, 0.15) is 11.5 Å². The third-order valence-corrected chi connectivity index (χ3v) is 3.75. The van der Waals surface area contributed by atoms with Gasteiger partial charge in [-0.05, 0) is 42.7 Å². The van der Waals surface area contributed by atoms with Gasteiger partial charge in [0, 0.05) is 12.8 Å². The second-order valence-corrected chi connectivity index (χ2v) is 5.27. The molecule has 22 heavy (non-hydrogen) atoms. The first-order valence-corrected chi connectivity index (χ1v) is 7.33. The Morgan fingerprint density at radius 3 is 2.73 bits per heavy atom. The van der Waals surface area contributed by atoms with Crippen LogP contribution in [0.4, 0.5) is 4.39 Å². The van der Waals surface area contributed by atoms with Crippen molar-refractivity contribution in [1.29, 1.82) is 0 Å². The van der Waals surface area contributed by atoms with Gasteiger partial charge in [-0.2, -0.15) is 0 Å². The van der Waals surface area contributed by atoms with Crippen molar-refractivity contribution in [1.82, 2.24) is 10.3 Å². The van der Waals surface area contributed by atoms with Crippen molar-refractivity contribution in [2.75, 3.05) is 6.61 Å². The van der Waals surface area contributed by atoms with Gasteiger partial charge in [0.25, 0.3) is 5.91 Å². The average molecular weight is 300 g/mol. The van der Waals surface area contributed by atoms with E-state index in [9.17, 15) is 9.18 Å². The van der Waals surface area contributed by atoms with Gasteiger partial charge in [0.15, 0.2) is 0 Å². The van der Waals surface area contributed by atoms with E-state index in [1.165, 1.54) is 12.1 Å². The summed E-state index contributed by atoms with van der Waals surface area (Å²) >= 11 is 0. The summed E-state index contributed by atoms with van der Waals surface area (Å²) in [7, 11) is 0. The van der Waals surface area contributed by atoms with E-state index in [2.05, 4.69) is 10.3 Å². The SMILES string of the molecule is O=C(N[C@@H](c1ccc(F)cc1)[C@H]1CCCO1)c1ccccn1. The van der Waals surface area contributed by atoms with Crippen molar-refractivity contribution in [3.63, 3.8) is 0 Å².